The van der Waals surface area contributed by atoms with Crippen molar-refractivity contribution in [3.05, 3.63) is 76.4 Å². The molecule has 0 N–H and O–H groups in total. The number of ketones is 2. The molecule has 2 aromatic rings. The smallest absolute Gasteiger partial charge is 0.174 e. The zero-order valence-corrected chi connectivity index (χ0v) is 13.1. The van der Waals surface area contributed by atoms with E-state index in [9.17, 15) is 9.59 Å². The van der Waals surface area contributed by atoms with Crippen molar-refractivity contribution in [3.8, 4) is 0 Å². The number of rotatable bonds is 3. The maximum atomic E-state index is 13.2. The van der Waals surface area contributed by atoms with Gasteiger partial charge < -0.3 is 0 Å². The molecule has 0 heterocycles. The summed E-state index contributed by atoms with van der Waals surface area (Å²) in [4.78, 5) is 25.2. The highest BCUT2D eigenvalue weighted by molar-refractivity contribution is 6.09. The van der Waals surface area contributed by atoms with Crippen LogP contribution in [0.1, 0.15) is 40.4 Å². The first-order valence-electron chi connectivity index (χ1n) is 8.01. The quantitative estimate of drug-likeness (QED) is 0.858. The number of hydrogen-bond donors (Lipinski definition) is 0. The maximum Gasteiger partial charge on any atom is 0.174 e. The van der Waals surface area contributed by atoms with E-state index in [1.54, 1.807) is 6.92 Å². The molecule has 0 aromatic heterocycles. The molecule has 0 bridgehead atoms. The molecule has 114 valence electrons. The fraction of sp³-hybridized carbons (Fsp3) is 0.238. The average Bonchev–Trinajstić information content (AvgIpc) is 3.08. The minimum atomic E-state index is -0.686. The molecule has 1 atom stereocenters. The summed E-state index contributed by atoms with van der Waals surface area (Å²) in [5.74, 6) is 0.186. The van der Waals surface area contributed by atoms with Gasteiger partial charge in [0.2, 0.25) is 0 Å². The Bertz CT molecular complexity index is 860. The van der Waals surface area contributed by atoms with E-state index in [4.69, 9.17) is 0 Å². The van der Waals surface area contributed by atoms with E-state index in [1.807, 2.05) is 36.4 Å². The third kappa shape index (κ3) is 2.09. The van der Waals surface area contributed by atoms with Crippen molar-refractivity contribution in [1.29, 1.82) is 0 Å². The van der Waals surface area contributed by atoms with Crippen LogP contribution in [0.5, 0.6) is 0 Å². The van der Waals surface area contributed by atoms with Gasteiger partial charge in [-0.1, -0.05) is 60.2 Å². The third-order valence-electron chi connectivity index (χ3n) is 5.12. The van der Waals surface area contributed by atoms with Crippen molar-refractivity contribution in [2.45, 2.75) is 26.2 Å². The van der Waals surface area contributed by atoms with E-state index in [-0.39, 0.29) is 11.6 Å². The molecule has 1 unspecified atom stereocenters. The lowest BCUT2D eigenvalue weighted by atomic mass is 9.72. The van der Waals surface area contributed by atoms with Crippen molar-refractivity contribution >= 4 is 17.6 Å². The van der Waals surface area contributed by atoms with Crippen molar-refractivity contribution in [2.75, 3.05) is 0 Å². The second kappa shape index (κ2) is 5.02. The first-order valence-corrected chi connectivity index (χ1v) is 8.01. The predicted octanol–water partition coefficient (Wildman–Crippen LogP) is 4.03. The minimum absolute atomic E-state index is 0.0722. The Labute approximate surface area is 135 Å². The molecule has 2 heteroatoms. The summed E-state index contributed by atoms with van der Waals surface area (Å²) < 4.78 is 0. The van der Waals surface area contributed by atoms with Gasteiger partial charge in [0.1, 0.15) is 5.78 Å². The normalized spacial score (nSPS) is 21.8. The Kier molecular flexibility index (Phi) is 3.08. The van der Waals surface area contributed by atoms with Crippen LogP contribution in [-0.4, -0.2) is 11.6 Å². The van der Waals surface area contributed by atoms with E-state index in [1.165, 1.54) is 11.1 Å². The van der Waals surface area contributed by atoms with Crippen LogP contribution in [-0.2, 0) is 17.6 Å². The highest BCUT2D eigenvalue weighted by Crippen LogP contribution is 2.49. The molecule has 2 aliphatic rings. The van der Waals surface area contributed by atoms with Crippen LogP contribution in [0.2, 0.25) is 0 Å². The van der Waals surface area contributed by atoms with Crippen LogP contribution in [0.25, 0.3) is 6.08 Å². The predicted molar refractivity (Wildman–Crippen MR) is 90.3 cm³/mol. The first-order chi connectivity index (χ1) is 11.1. The second-order valence-corrected chi connectivity index (χ2v) is 6.67. The maximum absolute atomic E-state index is 13.2. The lowest BCUT2D eigenvalue weighted by molar-refractivity contribution is -0.118. The zero-order valence-electron chi connectivity index (χ0n) is 13.1. The molecular formula is C21H18O2. The van der Waals surface area contributed by atoms with E-state index < -0.39 is 5.41 Å². The van der Waals surface area contributed by atoms with Crippen LogP contribution in [0.4, 0.5) is 0 Å². The molecule has 0 fully saturated rings. The van der Waals surface area contributed by atoms with Gasteiger partial charge in [-0.25, -0.2) is 0 Å². The summed E-state index contributed by atoms with van der Waals surface area (Å²) >= 11 is 0. The average molecular weight is 302 g/mol. The molecule has 0 saturated carbocycles. The first kappa shape index (κ1) is 14.1. The molecule has 2 nitrogen and oxygen atoms in total. The fourth-order valence-electron chi connectivity index (χ4n) is 4.09. The number of carbonyl (C=O) groups is 2. The van der Waals surface area contributed by atoms with E-state index in [0.29, 0.717) is 12.8 Å². The zero-order chi connectivity index (χ0) is 16.0. The molecule has 2 aromatic carbocycles. The van der Waals surface area contributed by atoms with Gasteiger partial charge in [-0.3, -0.25) is 9.59 Å². The Balaban J connectivity index is 1.82. The molecule has 0 radical (unpaired) electrons. The number of Topliss-reactive ketones (excluding diaryl/α,β-unsaturated/α-hetero) is 2. The Morgan fingerprint density at radius 3 is 2.43 bits per heavy atom. The van der Waals surface area contributed by atoms with Crippen LogP contribution in [0, 0.1) is 5.41 Å². The molecule has 0 saturated heterocycles. The summed E-state index contributed by atoms with van der Waals surface area (Å²) in [6.07, 6.45) is 3.83. The number of allylic oxidation sites excluding steroid dienone is 1. The molecule has 23 heavy (non-hydrogen) atoms. The summed E-state index contributed by atoms with van der Waals surface area (Å²) in [6, 6.07) is 16.0. The summed E-state index contributed by atoms with van der Waals surface area (Å²) in [5, 5.41) is 0. The van der Waals surface area contributed by atoms with E-state index in [2.05, 4.69) is 18.2 Å². The van der Waals surface area contributed by atoms with Gasteiger partial charge in [0.05, 0.1) is 5.41 Å². The lowest BCUT2D eigenvalue weighted by Crippen LogP contribution is -2.33. The van der Waals surface area contributed by atoms with E-state index >= 15 is 0 Å². The topological polar surface area (TPSA) is 34.1 Å². The number of carbonyl (C=O) groups excluding carboxylic acids is 2. The number of fused-ring (bicyclic) bond motifs is 2. The van der Waals surface area contributed by atoms with Crippen LogP contribution in [0.3, 0.4) is 0 Å². The van der Waals surface area contributed by atoms with Gasteiger partial charge >= 0.3 is 0 Å². The highest BCUT2D eigenvalue weighted by Gasteiger charge is 2.49. The van der Waals surface area contributed by atoms with Crippen LogP contribution in [0.15, 0.2) is 54.1 Å². The van der Waals surface area contributed by atoms with E-state index in [0.717, 1.165) is 23.1 Å². The van der Waals surface area contributed by atoms with Gasteiger partial charge in [-0.2, -0.15) is 0 Å². The standard InChI is InChI=1S/C21H18O2/c1-14(22)12-21(13-17-8-4-5-9-19(17)20(21)23)18-10-15-6-2-3-7-16(15)11-18/h2-10H,11-13H2,1H3. The van der Waals surface area contributed by atoms with Crippen molar-refractivity contribution in [3.63, 3.8) is 0 Å². The molecule has 4 rings (SSSR count). The largest absolute Gasteiger partial charge is 0.300 e. The Hall–Kier alpha value is -2.48. The molecule has 0 amide bonds. The molecule has 2 aliphatic carbocycles. The van der Waals surface area contributed by atoms with Crippen molar-refractivity contribution in [1.82, 2.24) is 0 Å². The summed E-state index contributed by atoms with van der Waals surface area (Å²) in [7, 11) is 0. The van der Waals surface area contributed by atoms with Gasteiger partial charge in [0.15, 0.2) is 5.78 Å². The fourth-order valence-corrected chi connectivity index (χ4v) is 4.09. The van der Waals surface area contributed by atoms with Gasteiger partial charge in [-0.15, -0.1) is 0 Å². The summed E-state index contributed by atoms with van der Waals surface area (Å²) in [5.41, 5.74) is 4.67. The van der Waals surface area contributed by atoms with Crippen LogP contribution < -0.4 is 0 Å². The molecule has 0 aliphatic heterocycles. The monoisotopic (exact) mass is 302 g/mol. The highest BCUT2D eigenvalue weighted by atomic mass is 16.1. The van der Waals surface area contributed by atoms with Crippen molar-refractivity contribution < 1.29 is 9.59 Å². The molecule has 0 spiro atoms. The number of hydrogen-bond acceptors (Lipinski definition) is 2. The molecular weight excluding hydrogens is 284 g/mol. The van der Waals surface area contributed by atoms with Crippen molar-refractivity contribution in [2.24, 2.45) is 5.41 Å². The second-order valence-electron chi connectivity index (χ2n) is 6.67. The SMILES string of the molecule is CC(=O)CC1(C2=Cc3ccccc3C2)Cc2ccccc2C1=O. The van der Waals surface area contributed by atoms with Gasteiger partial charge in [0, 0.05) is 12.0 Å². The Morgan fingerprint density at radius 2 is 1.74 bits per heavy atom. The van der Waals surface area contributed by atoms with Gasteiger partial charge in [0.25, 0.3) is 0 Å². The minimum Gasteiger partial charge on any atom is -0.300 e. The van der Waals surface area contributed by atoms with Gasteiger partial charge in [-0.05, 0) is 36.5 Å². The Morgan fingerprint density at radius 1 is 1.04 bits per heavy atom. The third-order valence-corrected chi connectivity index (χ3v) is 5.12. The van der Waals surface area contributed by atoms with Crippen LogP contribution >= 0.6 is 0 Å². The lowest BCUT2D eigenvalue weighted by Gasteiger charge is -2.28. The number of benzene rings is 2. The summed E-state index contributed by atoms with van der Waals surface area (Å²) in [6.45, 7) is 1.58.